The van der Waals surface area contributed by atoms with E-state index in [1.54, 1.807) is 31.4 Å². The van der Waals surface area contributed by atoms with Gasteiger partial charge in [0.25, 0.3) is 0 Å². The lowest BCUT2D eigenvalue weighted by molar-refractivity contribution is 0.145. The van der Waals surface area contributed by atoms with Crippen LogP contribution in [0.3, 0.4) is 0 Å². The van der Waals surface area contributed by atoms with Crippen LogP contribution in [0.5, 0.6) is 11.5 Å². The second-order valence-electron chi connectivity index (χ2n) is 6.40. The first kappa shape index (κ1) is 26.5. The fourth-order valence-electron chi connectivity index (χ4n) is 2.56. The van der Waals surface area contributed by atoms with Crippen molar-refractivity contribution in [2.45, 2.75) is 19.9 Å². The van der Waals surface area contributed by atoms with Crippen LogP contribution in [0, 0.1) is 11.3 Å². The molecule has 0 saturated heterocycles. The van der Waals surface area contributed by atoms with Gasteiger partial charge in [-0.05, 0) is 55.3 Å². The Labute approximate surface area is 201 Å². The fraction of sp³-hybridized carbons (Fsp3) is 0.391. The minimum absolute atomic E-state index is 0. The number of benzene rings is 2. The Morgan fingerprint density at radius 2 is 1.65 bits per heavy atom. The Kier molecular flexibility index (Phi) is 13.9. The molecule has 0 aliphatic heterocycles. The molecule has 0 bridgehead atoms. The van der Waals surface area contributed by atoms with Gasteiger partial charge in [0.15, 0.2) is 5.96 Å². The standard InChI is InChI=1S/C23H30N4O3.HI/c1-3-29-15-4-13-25-23(27-18-20-7-9-21(28-2)10-8-20)26-14-16-30-22-11-5-19(17-24)6-12-22;/h5-12H,3-4,13-16,18H2,1-2H3,(H2,25,26,27);1H. The molecule has 0 aliphatic carbocycles. The summed E-state index contributed by atoms with van der Waals surface area (Å²) in [7, 11) is 1.65. The van der Waals surface area contributed by atoms with Crippen molar-refractivity contribution >= 4 is 29.9 Å². The number of halogens is 1. The Bertz CT molecular complexity index is 805. The summed E-state index contributed by atoms with van der Waals surface area (Å²) in [4.78, 5) is 4.66. The lowest BCUT2D eigenvalue weighted by atomic mass is 10.2. The minimum atomic E-state index is 0. The molecule has 0 saturated carbocycles. The van der Waals surface area contributed by atoms with Gasteiger partial charge >= 0.3 is 0 Å². The van der Waals surface area contributed by atoms with Gasteiger partial charge < -0.3 is 24.8 Å². The molecule has 8 heteroatoms. The van der Waals surface area contributed by atoms with Crippen LogP contribution in [-0.2, 0) is 11.3 Å². The van der Waals surface area contributed by atoms with Crippen LogP contribution in [0.25, 0.3) is 0 Å². The molecular formula is C23H31IN4O3. The molecule has 0 heterocycles. The molecule has 31 heavy (non-hydrogen) atoms. The van der Waals surface area contributed by atoms with Gasteiger partial charge in [-0.1, -0.05) is 12.1 Å². The lowest BCUT2D eigenvalue weighted by Gasteiger charge is -2.13. The van der Waals surface area contributed by atoms with Gasteiger partial charge in [-0.2, -0.15) is 5.26 Å². The highest BCUT2D eigenvalue weighted by Gasteiger charge is 2.01. The summed E-state index contributed by atoms with van der Waals surface area (Å²) >= 11 is 0. The normalized spacial score (nSPS) is 10.5. The quantitative estimate of drug-likeness (QED) is 0.185. The van der Waals surface area contributed by atoms with E-state index in [2.05, 4.69) is 21.7 Å². The maximum Gasteiger partial charge on any atom is 0.191 e. The van der Waals surface area contributed by atoms with Crippen molar-refractivity contribution in [3.63, 3.8) is 0 Å². The van der Waals surface area contributed by atoms with E-state index >= 15 is 0 Å². The topological polar surface area (TPSA) is 87.9 Å². The first-order valence-corrected chi connectivity index (χ1v) is 10.1. The third-order valence-electron chi connectivity index (χ3n) is 4.19. The van der Waals surface area contributed by atoms with Crippen molar-refractivity contribution in [2.24, 2.45) is 4.99 Å². The van der Waals surface area contributed by atoms with Crippen molar-refractivity contribution in [1.82, 2.24) is 10.6 Å². The maximum absolute atomic E-state index is 8.85. The van der Waals surface area contributed by atoms with E-state index in [9.17, 15) is 0 Å². The predicted molar refractivity (Wildman–Crippen MR) is 133 cm³/mol. The molecular weight excluding hydrogens is 507 g/mol. The number of methoxy groups -OCH3 is 1. The monoisotopic (exact) mass is 538 g/mol. The number of aliphatic imine (C=N–C) groups is 1. The number of nitriles is 1. The summed E-state index contributed by atoms with van der Waals surface area (Å²) in [6, 6.07) is 17.0. The molecule has 0 amide bonds. The number of guanidine groups is 1. The van der Waals surface area contributed by atoms with Crippen LogP contribution in [-0.4, -0.2) is 46.0 Å². The summed E-state index contributed by atoms with van der Waals surface area (Å²) in [6.07, 6.45) is 0.902. The van der Waals surface area contributed by atoms with Gasteiger partial charge in [-0.15, -0.1) is 24.0 Å². The van der Waals surface area contributed by atoms with Gasteiger partial charge in [0.05, 0.1) is 31.8 Å². The number of nitrogens with one attached hydrogen (secondary N) is 2. The van der Waals surface area contributed by atoms with E-state index in [-0.39, 0.29) is 24.0 Å². The summed E-state index contributed by atoms with van der Waals surface area (Å²) in [5.41, 5.74) is 1.71. The number of rotatable bonds is 12. The van der Waals surface area contributed by atoms with Gasteiger partial charge in [0, 0.05) is 19.8 Å². The molecule has 2 aromatic rings. The summed E-state index contributed by atoms with van der Waals surface area (Å²) in [5.74, 6) is 2.29. The molecule has 0 aromatic heterocycles. The van der Waals surface area contributed by atoms with Crippen molar-refractivity contribution in [1.29, 1.82) is 5.26 Å². The van der Waals surface area contributed by atoms with Crippen molar-refractivity contribution < 1.29 is 14.2 Å². The Morgan fingerprint density at radius 3 is 2.29 bits per heavy atom. The van der Waals surface area contributed by atoms with Crippen LogP contribution in [0.15, 0.2) is 53.5 Å². The van der Waals surface area contributed by atoms with E-state index in [1.807, 2.05) is 31.2 Å². The zero-order valence-electron chi connectivity index (χ0n) is 18.1. The SMILES string of the molecule is CCOCCCNC(=NCc1ccc(OC)cc1)NCCOc1ccc(C#N)cc1.I. The average molecular weight is 538 g/mol. The summed E-state index contributed by atoms with van der Waals surface area (Å²) in [6.45, 7) is 5.84. The van der Waals surface area contributed by atoms with Gasteiger partial charge in [-0.3, -0.25) is 0 Å². The van der Waals surface area contributed by atoms with E-state index in [0.29, 0.717) is 25.3 Å². The second-order valence-corrected chi connectivity index (χ2v) is 6.40. The van der Waals surface area contributed by atoms with Crippen LogP contribution >= 0.6 is 24.0 Å². The number of hydrogen-bond donors (Lipinski definition) is 2. The Morgan fingerprint density at radius 1 is 0.968 bits per heavy atom. The third-order valence-corrected chi connectivity index (χ3v) is 4.19. The lowest BCUT2D eigenvalue weighted by Crippen LogP contribution is -2.40. The molecule has 0 unspecified atom stereocenters. The smallest absolute Gasteiger partial charge is 0.191 e. The molecule has 0 atom stereocenters. The van der Waals surface area contributed by atoms with Gasteiger partial charge in [0.2, 0.25) is 0 Å². The first-order valence-electron chi connectivity index (χ1n) is 10.1. The highest BCUT2D eigenvalue weighted by atomic mass is 127. The van der Waals surface area contributed by atoms with E-state index in [0.717, 1.165) is 49.2 Å². The Balaban J connectivity index is 0.00000480. The van der Waals surface area contributed by atoms with Crippen molar-refractivity contribution in [3.8, 4) is 17.6 Å². The summed E-state index contributed by atoms with van der Waals surface area (Å²) in [5, 5.41) is 15.5. The van der Waals surface area contributed by atoms with E-state index in [1.165, 1.54) is 0 Å². The Hall–Kier alpha value is -2.51. The number of hydrogen-bond acceptors (Lipinski definition) is 5. The van der Waals surface area contributed by atoms with Gasteiger partial charge in [-0.25, -0.2) is 4.99 Å². The molecule has 2 aromatic carbocycles. The van der Waals surface area contributed by atoms with Crippen LogP contribution < -0.4 is 20.1 Å². The third kappa shape index (κ3) is 10.9. The van der Waals surface area contributed by atoms with Crippen molar-refractivity contribution in [2.75, 3.05) is 40.0 Å². The molecule has 0 radical (unpaired) electrons. The molecule has 0 spiro atoms. The first-order chi connectivity index (χ1) is 14.7. The highest BCUT2D eigenvalue weighted by Crippen LogP contribution is 2.12. The van der Waals surface area contributed by atoms with E-state index in [4.69, 9.17) is 19.5 Å². The van der Waals surface area contributed by atoms with Crippen molar-refractivity contribution in [3.05, 3.63) is 59.7 Å². The molecule has 168 valence electrons. The molecule has 0 aliphatic rings. The predicted octanol–water partition coefficient (Wildman–Crippen LogP) is 3.73. The van der Waals surface area contributed by atoms with Crippen LogP contribution in [0.1, 0.15) is 24.5 Å². The van der Waals surface area contributed by atoms with E-state index < -0.39 is 0 Å². The highest BCUT2D eigenvalue weighted by molar-refractivity contribution is 14.0. The van der Waals surface area contributed by atoms with Crippen LogP contribution in [0.2, 0.25) is 0 Å². The zero-order chi connectivity index (χ0) is 21.4. The number of ether oxygens (including phenoxy) is 3. The molecule has 0 fully saturated rings. The maximum atomic E-state index is 8.85. The number of nitrogens with zero attached hydrogens (tertiary/aromatic N) is 2. The van der Waals surface area contributed by atoms with Gasteiger partial charge in [0.1, 0.15) is 18.1 Å². The minimum Gasteiger partial charge on any atom is -0.497 e. The average Bonchev–Trinajstić information content (AvgIpc) is 2.80. The zero-order valence-corrected chi connectivity index (χ0v) is 20.4. The fourth-order valence-corrected chi connectivity index (χ4v) is 2.56. The largest absolute Gasteiger partial charge is 0.497 e. The van der Waals surface area contributed by atoms with Crippen LogP contribution in [0.4, 0.5) is 0 Å². The molecule has 2 rings (SSSR count). The second kappa shape index (κ2) is 16.2. The summed E-state index contributed by atoms with van der Waals surface area (Å²) < 4.78 is 16.3. The molecule has 2 N–H and O–H groups in total. The molecule has 7 nitrogen and oxygen atoms in total.